The summed E-state index contributed by atoms with van der Waals surface area (Å²) < 4.78 is 0. The van der Waals surface area contributed by atoms with Crippen molar-refractivity contribution in [3.8, 4) is 0 Å². The van der Waals surface area contributed by atoms with Crippen LogP contribution in [0.5, 0.6) is 0 Å². The molecule has 1 aromatic carbocycles. The number of carbonyl (C=O) groups excluding carboxylic acids is 1. The van der Waals surface area contributed by atoms with Crippen LogP contribution in [0.15, 0.2) is 24.3 Å². The molecule has 1 atom stereocenters. The molecular formula is C15H21ClN4O3. The first-order chi connectivity index (χ1) is 10.7. The first kappa shape index (κ1) is 17.5. The molecule has 0 radical (unpaired) electrons. The van der Waals surface area contributed by atoms with Gasteiger partial charge in [0.05, 0.1) is 11.0 Å². The largest absolute Gasteiger partial charge is 0.362 e. The number of hydrogen-bond acceptors (Lipinski definition) is 5. The van der Waals surface area contributed by atoms with Crippen molar-refractivity contribution in [2.24, 2.45) is 0 Å². The van der Waals surface area contributed by atoms with E-state index in [2.05, 4.69) is 5.32 Å². The van der Waals surface area contributed by atoms with Gasteiger partial charge >= 0.3 is 0 Å². The van der Waals surface area contributed by atoms with Crippen molar-refractivity contribution in [1.82, 2.24) is 10.2 Å². The third kappa shape index (κ3) is 3.73. The lowest BCUT2D eigenvalue weighted by molar-refractivity contribution is -0.384. The molecule has 3 rings (SSSR count). The van der Waals surface area contributed by atoms with Crippen molar-refractivity contribution < 1.29 is 9.72 Å². The number of nitro benzene ring substituents is 1. The van der Waals surface area contributed by atoms with E-state index in [9.17, 15) is 14.9 Å². The zero-order valence-electron chi connectivity index (χ0n) is 12.8. The number of nitrogens with zero attached hydrogens (tertiary/aromatic N) is 3. The van der Waals surface area contributed by atoms with Crippen LogP contribution in [0.3, 0.4) is 0 Å². The summed E-state index contributed by atoms with van der Waals surface area (Å²) in [4.78, 5) is 27.0. The molecule has 0 aliphatic carbocycles. The molecule has 0 aromatic heterocycles. The van der Waals surface area contributed by atoms with E-state index in [1.807, 2.05) is 15.9 Å². The molecule has 126 valence electrons. The maximum Gasteiger partial charge on any atom is 0.292 e. The highest BCUT2D eigenvalue weighted by molar-refractivity contribution is 5.85. The van der Waals surface area contributed by atoms with Gasteiger partial charge in [0.15, 0.2) is 0 Å². The van der Waals surface area contributed by atoms with Crippen molar-refractivity contribution in [3.63, 3.8) is 0 Å². The summed E-state index contributed by atoms with van der Waals surface area (Å²) >= 11 is 0. The lowest BCUT2D eigenvalue weighted by Crippen LogP contribution is -2.53. The van der Waals surface area contributed by atoms with Crippen LogP contribution < -0.4 is 10.2 Å². The van der Waals surface area contributed by atoms with Gasteiger partial charge in [-0.25, -0.2) is 0 Å². The Morgan fingerprint density at radius 3 is 2.52 bits per heavy atom. The average Bonchev–Trinajstić information content (AvgIpc) is 3.09. The molecule has 0 saturated carbocycles. The number of para-hydroxylation sites is 2. The SMILES string of the molecule is Cl.O=C([C@@H]1CCCN1)N1CCN(c2ccccc2[N+](=O)[O-])CC1. The predicted molar refractivity (Wildman–Crippen MR) is 90.2 cm³/mol. The van der Waals surface area contributed by atoms with Gasteiger partial charge in [0.1, 0.15) is 5.69 Å². The fraction of sp³-hybridized carbons (Fsp3) is 0.533. The van der Waals surface area contributed by atoms with Crippen LogP contribution in [-0.4, -0.2) is 54.5 Å². The van der Waals surface area contributed by atoms with Crippen LogP contribution >= 0.6 is 12.4 Å². The molecule has 2 aliphatic rings. The third-order valence-corrected chi connectivity index (χ3v) is 4.37. The first-order valence-electron chi connectivity index (χ1n) is 7.67. The molecule has 2 saturated heterocycles. The van der Waals surface area contributed by atoms with E-state index in [0.29, 0.717) is 31.9 Å². The normalized spacial score (nSPS) is 21.0. The van der Waals surface area contributed by atoms with Crippen LogP contribution in [0.2, 0.25) is 0 Å². The molecular weight excluding hydrogens is 320 g/mol. The second kappa shape index (κ2) is 7.61. The number of amides is 1. The van der Waals surface area contributed by atoms with Gasteiger partial charge in [-0.3, -0.25) is 14.9 Å². The van der Waals surface area contributed by atoms with Crippen molar-refractivity contribution >= 4 is 29.7 Å². The number of hydrogen-bond donors (Lipinski definition) is 1. The summed E-state index contributed by atoms with van der Waals surface area (Å²) in [5, 5.41) is 14.3. The molecule has 1 aromatic rings. The molecule has 0 spiro atoms. The quantitative estimate of drug-likeness (QED) is 0.665. The fourth-order valence-electron chi connectivity index (χ4n) is 3.17. The van der Waals surface area contributed by atoms with E-state index in [4.69, 9.17) is 0 Å². The van der Waals surface area contributed by atoms with Gasteiger partial charge < -0.3 is 15.1 Å². The van der Waals surface area contributed by atoms with E-state index >= 15 is 0 Å². The summed E-state index contributed by atoms with van der Waals surface area (Å²) in [6.45, 7) is 3.39. The molecule has 2 fully saturated rings. The lowest BCUT2D eigenvalue weighted by Gasteiger charge is -2.36. The molecule has 1 amide bonds. The van der Waals surface area contributed by atoms with Crippen LogP contribution in [0, 0.1) is 10.1 Å². The highest BCUT2D eigenvalue weighted by atomic mass is 35.5. The number of rotatable bonds is 3. The Hall–Kier alpha value is -1.86. The van der Waals surface area contributed by atoms with Crippen LogP contribution in [-0.2, 0) is 4.79 Å². The molecule has 2 aliphatic heterocycles. The predicted octanol–water partition coefficient (Wildman–Crippen LogP) is 1.42. The Morgan fingerprint density at radius 1 is 1.22 bits per heavy atom. The molecule has 23 heavy (non-hydrogen) atoms. The average molecular weight is 341 g/mol. The monoisotopic (exact) mass is 340 g/mol. The highest BCUT2D eigenvalue weighted by Crippen LogP contribution is 2.28. The Balaban J connectivity index is 0.00000192. The second-order valence-corrected chi connectivity index (χ2v) is 5.71. The van der Waals surface area contributed by atoms with Crippen LogP contribution in [0.4, 0.5) is 11.4 Å². The van der Waals surface area contributed by atoms with Crippen molar-refractivity contribution in [1.29, 1.82) is 0 Å². The van der Waals surface area contributed by atoms with Gasteiger partial charge in [0.25, 0.3) is 5.69 Å². The van der Waals surface area contributed by atoms with Crippen molar-refractivity contribution in [2.75, 3.05) is 37.6 Å². The van der Waals surface area contributed by atoms with Gasteiger partial charge in [0.2, 0.25) is 5.91 Å². The number of nitrogens with one attached hydrogen (secondary N) is 1. The van der Waals surface area contributed by atoms with Gasteiger partial charge in [-0.15, -0.1) is 12.4 Å². The van der Waals surface area contributed by atoms with E-state index < -0.39 is 0 Å². The topological polar surface area (TPSA) is 78.7 Å². The van der Waals surface area contributed by atoms with Crippen molar-refractivity contribution in [2.45, 2.75) is 18.9 Å². The van der Waals surface area contributed by atoms with Gasteiger partial charge in [-0.2, -0.15) is 0 Å². The van der Waals surface area contributed by atoms with E-state index in [0.717, 1.165) is 19.4 Å². The van der Waals surface area contributed by atoms with Crippen molar-refractivity contribution in [3.05, 3.63) is 34.4 Å². The minimum Gasteiger partial charge on any atom is -0.362 e. The number of piperazine rings is 1. The number of halogens is 1. The third-order valence-electron chi connectivity index (χ3n) is 4.37. The van der Waals surface area contributed by atoms with E-state index in [-0.39, 0.29) is 35.0 Å². The molecule has 1 N–H and O–H groups in total. The fourth-order valence-corrected chi connectivity index (χ4v) is 3.17. The van der Waals surface area contributed by atoms with E-state index in [1.165, 1.54) is 6.07 Å². The second-order valence-electron chi connectivity index (χ2n) is 5.71. The minimum absolute atomic E-state index is 0. The maximum absolute atomic E-state index is 12.4. The summed E-state index contributed by atoms with van der Waals surface area (Å²) in [7, 11) is 0. The maximum atomic E-state index is 12.4. The standard InChI is InChI=1S/C15H20N4O3.ClH/c20-15(12-4-3-7-16-12)18-10-8-17(9-11-18)13-5-1-2-6-14(13)19(21)22;/h1-2,5-6,12,16H,3-4,7-11H2;1H/t12-;/m0./s1. The number of anilines is 1. The zero-order chi connectivity index (χ0) is 15.5. The Morgan fingerprint density at radius 2 is 1.91 bits per heavy atom. The summed E-state index contributed by atoms with van der Waals surface area (Å²) in [6.07, 6.45) is 1.95. The zero-order valence-corrected chi connectivity index (χ0v) is 13.6. The summed E-state index contributed by atoms with van der Waals surface area (Å²) in [5.74, 6) is 0.166. The Kier molecular flexibility index (Phi) is 5.79. The smallest absolute Gasteiger partial charge is 0.292 e. The first-order valence-corrected chi connectivity index (χ1v) is 7.67. The summed E-state index contributed by atoms with van der Waals surface area (Å²) in [5.41, 5.74) is 0.762. The number of carbonyl (C=O) groups is 1. The van der Waals surface area contributed by atoms with Gasteiger partial charge in [0, 0.05) is 32.2 Å². The highest BCUT2D eigenvalue weighted by Gasteiger charge is 2.30. The van der Waals surface area contributed by atoms with Gasteiger partial charge in [-0.1, -0.05) is 12.1 Å². The molecule has 2 heterocycles. The molecule has 8 heteroatoms. The Labute approximate surface area is 141 Å². The van der Waals surface area contributed by atoms with Crippen LogP contribution in [0.25, 0.3) is 0 Å². The summed E-state index contributed by atoms with van der Waals surface area (Å²) in [6, 6.07) is 6.73. The number of benzene rings is 1. The minimum atomic E-state index is -0.352. The van der Waals surface area contributed by atoms with Gasteiger partial charge in [-0.05, 0) is 25.5 Å². The lowest BCUT2D eigenvalue weighted by atomic mass is 10.1. The Bertz CT molecular complexity index is 570. The number of nitro groups is 1. The van der Waals surface area contributed by atoms with Crippen LogP contribution in [0.1, 0.15) is 12.8 Å². The molecule has 7 nitrogen and oxygen atoms in total. The molecule has 0 bridgehead atoms. The molecule has 0 unspecified atom stereocenters. The van der Waals surface area contributed by atoms with E-state index in [1.54, 1.807) is 12.1 Å².